The number of H-pyrrole nitrogens is 1. The van der Waals surface area contributed by atoms with Crippen molar-refractivity contribution in [3.63, 3.8) is 0 Å². The number of nitrogens with two attached hydrogens (primary N) is 2. The molecule has 9 heteroatoms. The number of fused-ring (bicyclic) bond motifs is 1. The SMILES string of the molecule is Cl.Cl.NCCCC(N)CNC(=O)c1[nH]c2ccc(-c3ccc(F)cc3)cc2c1-c1cccc(OCc2ccccc2)c1. The largest absolute Gasteiger partial charge is 0.489 e. The van der Waals surface area contributed by atoms with Crippen molar-refractivity contribution in [1.82, 2.24) is 10.3 Å². The lowest BCUT2D eigenvalue weighted by Crippen LogP contribution is -2.37. The summed E-state index contributed by atoms with van der Waals surface area (Å²) in [6, 6.07) is 29.8. The normalized spacial score (nSPS) is 11.3. The third-order valence-electron chi connectivity index (χ3n) is 6.88. The summed E-state index contributed by atoms with van der Waals surface area (Å²) < 4.78 is 19.7. The van der Waals surface area contributed by atoms with E-state index in [4.69, 9.17) is 16.2 Å². The Morgan fingerprint density at radius 2 is 1.62 bits per heavy atom. The van der Waals surface area contributed by atoms with Crippen LogP contribution in [0.5, 0.6) is 5.75 Å². The first-order valence-electron chi connectivity index (χ1n) is 13.4. The zero-order valence-electron chi connectivity index (χ0n) is 23.0. The van der Waals surface area contributed by atoms with Crippen molar-refractivity contribution in [1.29, 1.82) is 0 Å². The zero-order valence-corrected chi connectivity index (χ0v) is 24.6. The molecule has 1 unspecified atom stereocenters. The Labute approximate surface area is 257 Å². The Morgan fingerprint density at radius 1 is 0.881 bits per heavy atom. The fourth-order valence-electron chi connectivity index (χ4n) is 4.76. The highest BCUT2D eigenvalue weighted by Gasteiger charge is 2.21. The summed E-state index contributed by atoms with van der Waals surface area (Å²) in [4.78, 5) is 16.8. The summed E-state index contributed by atoms with van der Waals surface area (Å²) in [7, 11) is 0. The van der Waals surface area contributed by atoms with Gasteiger partial charge in [-0.2, -0.15) is 0 Å². The topological polar surface area (TPSA) is 106 Å². The van der Waals surface area contributed by atoms with Crippen LogP contribution in [0.3, 0.4) is 0 Å². The monoisotopic (exact) mass is 608 g/mol. The minimum absolute atomic E-state index is 0. The summed E-state index contributed by atoms with van der Waals surface area (Å²) in [5.74, 6) is 0.164. The van der Waals surface area contributed by atoms with Crippen LogP contribution in [-0.4, -0.2) is 30.0 Å². The number of aromatic nitrogens is 1. The molecule has 1 amide bonds. The third kappa shape index (κ3) is 7.89. The molecule has 42 heavy (non-hydrogen) atoms. The molecule has 0 saturated carbocycles. The van der Waals surface area contributed by atoms with Gasteiger partial charge in [0.25, 0.3) is 5.91 Å². The van der Waals surface area contributed by atoms with Gasteiger partial charge in [-0.15, -0.1) is 24.8 Å². The van der Waals surface area contributed by atoms with E-state index in [1.807, 2.05) is 72.8 Å². The summed E-state index contributed by atoms with van der Waals surface area (Å²) in [6.45, 7) is 1.34. The van der Waals surface area contributed by atoms with Crippen LogP contribution in [0.25, 0.3) is 33.2 Å². The van der Waals surface area contributed by atoms with Gasteiger partial charge in [0.2, 0.25) is 0 Å². The van der Waals surface area contributed by atoms with Crippen molar-refractivity contribution in [3.05, 3.63) is 114 Å². The lowest BCUT2D eigenvalue weighted by molar-refractivity contribution is 0.0947. The van der Waals surface area contributed by atoms with Crippen molar-refractivity contribution in [3.8, 4) is 28.0 Å². The van der Waals surface area contributed by atoms with Crippen LogP contribution in [0.2, 0.25) is 0 Å². The standard InChI is InChI=1S/C33H33FN4O2.2ClH/c34-26-14-11-23(12-15-26)24-13-16-30-29(19-24)31(32(38-30)33(39)37-20-27(36)9-5-17-35)25-8-4-10-28(18-25)40-21-22-6-2-1-3-7-22;;/h1-4,6-8,10-16,18-19,27,38H,5,9,17,20-21,35-36H2,(H,37,39);2*1H. The predicted octanol–water partition coefficient (Wildman–Crippen LogP) is 6.86. The van der Waals surface area contributed by atoms with E-state index in [1.165, 1.54) is 12.1 Å². The molecule has 5 rings (SSSR count). The fraction of sp³-hybridized carbons (Fsp3) is 0.182. The number of halogens is 3. The first kappa shape index (κ1) is 32.6. The molecule has 0 spiro atoms. The van der Waals surface area contributed by atoms with Crippen molar-refractivity contribution in [2.75, 3.05) is 13.1 Å². The van der Waals surface area contributed by atoms with Crippen molar-refractivity contribution in [2.45, 2.75) is 25.5 Å². The van der Waals surface area contributed by atoms with Gasteiger partial charge in [-0.1, -0.05) is 60.7 Å². The van der Waals surface area contributed by atoms with Gasteiger partial charge in [0, 0.05) is 29.1 Å². The van der Waals surface area contributed by atoms with Gasteiger partial charge in [-0.25, -0.2) is 4.39 Å². The third-order valence-corrected chi connectivity index (χ3v) is 6.88. The van der Waals surface area contributed by atoms with Crippen LogP contribution in [0, 0.1) is 5.82 Å². The maximum absolute atomic E-state index is 13.6. The van der Waals surface area contributed by atoms with Crippen LogP contribution in [0.4, 0.5) is 4.39 Å². The maximum Gasteiger partial charge on any atom is 0.268 e. The number of benzene rings is 4. The molecule has 6 nitrogen and oxygen atoms in total. The van der Waals surface area contributed by atoms with E-state index < -0.39 is 0 Å². The molecule has 1 atom stereocenters. The summed E-state index contributed by atoms with van der Waals surface area (Å²) in [6.07, 6.45) is 1.54. The van der Waals surface area contributed by atoms with E-state index in [-0.39, 0.29) is 42.6 Å². The molecular weight excluding hydrogens is 574 g/mol. The molecular formula is C33H35Cl2FN4O2. The Balaban J connectivity index is 0.00000242. The van der Waals surface area contributed by atoms with Gasteiger partial charge in [0.1, 0.15) is 23.9 Å². The second-order valence-corrected chi connectivity index (χ2v) is 9.85. The van der Waals surface area contributed by atoms with Gasteiger partial charge in [-0.3, -0.25) is 4.79 Å². The number of hydrogen-bond donors (Lipinski definition) is 4. The molecule has 1 heterocycles. The minimum atomic E-state index is -0.289. The van der Waals surface area contributed by atoms with E-state index in [0.717, 1.165) is 51.6 Å². The number of aromatic amines is 1. The molecule has 0 radical (unpaired) electrons. The summed E-state index contributed by atoms with van der Waals surface area (Å²) >= 11 is 0. The summed E-state index contributed by atoms with van der Waals surface area (Å²) in [5, 5.41) is 3.86. The van der Waals surface area contributed by atoms with Gasteiger partial charge in [0.05, 0.1) is 0 Å². The zero-order chi connectivity index (χ0) is 27.9. The van der Waals surface area contributed by atoms with Crippen molar-refractivity contribution < 1.29 is 13.9 Å². The van der Waals surface area contributed by atoms with Gasteiger partial charge < -0.3 is 26.5 Å². The predicted molar refractivity (Wildman–Crippen MR) is 173 cm³/mol. The molecule has 0 fully saturated rings. The maximum atomic E-state index is 13.6. The van der Waals surface area contributed by atoms with Crippen LogP contribution < -0.4 is 21.5 Å². The molecule has 0 aliphatic heterocycles. The smallest absolute Gasteiger partial charge is 0.268 e. The summed E-state index contributed by atoms with van der Waals surface area (Å²) in [5.41, 5.74) is 17.5. The number of hydrogen-bond acceptors (Lipinski definition) is 4. The molecule has 6 N–H and O–H groups in total. The number of amides is 1. The van der Waals surface area contributed by atoms with Crippen molar-refractivity contribution >= 4 is 41.6 Å². The molecule has 0 aliphatic carbocycles. The molecule has 1 aromatic heterocycles. The highest BCUT2D eigenvalue weighted by molar-refractivity contribution is 6.10. The highest BCUT2D eigenvalue weighted by atomic mass is 35.5. The van der Waals surface area contributed by atoms with Crippen LogP contribution in [0.15, 0.2) is 97.1 Å². The number of rotatable bonds is 11. The number of carbonyl (C=O) groups is 1. The first-order valence-corrected chi connectivity index (χ1v) is 13.4. The number of carbonyl (C=O) groups excluding carboxylic acids is 1. The van der Waals surface area contributed by atoms with Gasteiger partial charge >= 0.3 is 0 Å². The second-order valence-electron chi connectivity index (χ2n) is 9.85. The number of nitrogens with one attached hydrogen (secondary N) is 2. The number of ether oxygens (including phenoxy) is 1. The average Bonchev–Trinajstić information content (AvgIpc) is 3.38. The minimum Gasteiger partial charge on any atom is -0.489 e. The lowest BCUT2D eigenvalue weighted by Gasteiger charge is -2.13. The fourth-order valence-corrected chi connectivity index (χ4v) is 4.76. The molecule has 220 valence electrons. The van der Waals surface area contributed by atoms with Crippen LogP contribution in [0.1, 0.15) is 28.9 Å². The Kier molecular flexibility index (Phi) is 11.9. The molecule has 0 saturated heterocycles. The molecule has 0 bridgehead atoms. The molecule has 0 aliphatic rings. The van der Waals surface area contributed by atoms with Crippen molar-refractivity contribution in [2.24, 2.45) is 11.5 Å². The average molecular weight is 610 g/mol. The van der Waals surface area contributed by atoms with Gasteiger partial charge in [-0.05, 0) is 78.0 Å². The lowest BCUT2D eigenvalue weighted by atomic mass is 9.97. The molecule has 4 aromatic carbocycles. The second kappa shape index (κ2) is 15.4. The van der Waals surface area contributed by atoms with E-state index in [1.54, 1.807) is 12.1 Å². The van der Waals surface area contributed by atoms with E-state index in [0.29, 0.717) is 31.1 Å². The van der Waals surface area contributed by atoms with Gasteiger partial charge in [0.15, 0.2) is 0 Å². The molecule has 5 aromatic rings. The Hall–Kier alpha value is -3.88. The van der Waals surface area contributed by atoms with E-state index in [2.05, 4.69) is 10.3 Å². The Bertz CT molecular complexity index is 1590. The van der Waals surface area contributed by atoms with Crippen LogP contribution >= 0.6 is 24.8 Å². The van der Waals surface area contributed by atoms with E-state index >= 15 is 0 Å². The van der Waals surface area contributed by atoms with Crippen LogP contribution in [-0.2, 0) is 6.61 Å². The quantitative estimate of drug-likeness (QED) is 0.131. The highest BCUT2D eigenvalue weighted by Crippen LogP contribution is 2.36. The first-order chi connectivity index (χ1) is 19.5. The Morgan fingerprint density at radius 3 is 2.36 bits per heavy atom. The van der Waals surface area contributed by atoms with E-state index in [9.17, 15) is 9.18 Å².